The highest BCUT2D eigenvalue weighted by Gasteiger charge is 2.36. The van der Waals surface area contributed by atoms with Crippen LogP contribution in [0.5, 0.6) is 0 Å². The van der Waals surface area contributed by atoms with E-state index >= 15 is 0 Å². The molecule has 0 aromatic heterocycles. The lowest BCUT2D eigenvalue weighted by Crippen LogP contribution is -2.49. The molecular formula is C27H53N3S. The largest absolute Gasteiger partial charge is 0.306 e. The van der Waals surface area contributed by atoms with Crippen molar-refractivity contribution in [2.75, 3.05) is 53.6 Å². The summed E-state index contributed by atoms with van der Waals surface area (Å²) < 4.78 is 0. The second-order valence-corrected chi connectivity index (χ2v) is 13.0. The van der Waals surface area contributed by atoms with Gasteiger partial charge in [0.1, 0.15) is 0 Å². The normalized spacial score (nSPS) is 34.5. The average Bonchev–Trinajstić information content (AvgIpc) is 2.74. The van der Waals surface area contributed by atoms with Gasteiger partial charge in [0.2, 0.25) is 0 Å². The molecule has 0 spiro atoms. The molecular weight excluding hydrogens is 398 g/mol. The first-order valence-electron chi connectivity index (χ1n) is 13.4. The number of thioether (sulfide) groups is 1. The second-order valence-electron chi connectivity index (χ2n) is 11.9. The average molecular weight is 452 g/mol. The van der Waals surface area contributed by atoms with E-state index in [0.717, 1.165) is 46.9 Å². The Morgan fingerprint density at radius 1 is 0.903 bits per heavy atom. The molecule has 3 nitrogen and oxygen atoms in total. The smallest absolute Gasteiger partial charge is 0.0212 e. The third-order valence-corrected chi connectivity index (χ3v) is 10.5. The van der Waals surface area contributed by atoms with E-state index in [1.165, 1.54) is 77.5 Å². The highest BCUT2D eigenvalue weighted by Crippen LogP contribution is 2.39. The van der Waals surface area contributed by atoms with Crippen LogP contribution in [-0.4, -0.2) is 85.6 Å². The zero-order valence-electron chi connectivity index (χ0n) is 21.9. The fourth-order valence-electron chi connectivity index (χ4n) is 7.10. The number of likely N-dealkylation sites (tertiary alicyclic amines) is 1. The van der Waals surface area contributed by atoms with Gasteiger partial charge in [-0.3, -0.25) is 0 Å². The van der Waals surface area contributed by atoms with Crippen molar-refractivity contribution >= 4 is 11.8 Å². The van der Waals surface area contributed by atoms with Crippen LogP contribution in [-0.2, 0) is 0 Å². The van der Waals surface area contributed by atoms with Gasteiger partial charge in [-0.05, 0) is 95.5 Å². The summed E-state index contributed by atoms with van der Waals surface area (Å²) in [6.07, 6.45) is 13.9. The number of hydrogen-bond acceptors (Lipinski definition) is 4. The van der Waals surface area contributed by atoms with E-state index < -0.39 is 0 Å². The molecule has 1 heterocycles. The van der Waals surface area contributed by atoms with Crippen LogP contribution in [0.3, 0.4) is 0 Å². The van der Waals surface area contributed by atoms with Crippen molar-refractivity contribution in [3.63, 3.8) is 0 Å². The number of nitrogens with zero attached hydrogens (tertiary/aromatic N) is 3. The Morgan fingerprint density at radius 3 is 2.16 bits per heavy atom. The van der Waals surface area contributed by atoms with Crippen molar-refractivity contribution in [1.82, 2.24) is 14.7 Å². The Morgan fingerprint density at radius 2 is 1.55 bits per heavy atom. The van der Waals surface area contributed by atoms with Gasteiger partial charge in [0.05, 0.1) is 0 Å². The van der Waals surface area contributed by atoms with Gasteiger partial charge in [0, 0.05) is 43.5 Å². The lowest BCUT2D eigenvalue weighted by Gasteiger charge is -2.45. The van der Waals surface area contributed by atoms with Crippen molar-refractivity contribution in [1.29, 1.82) is 0 Å². The molecule has 0 aromatic carbocycles. The molecule has 2 unspecified atom stereocenters. The molecule has 0 N–H and O–H groups in total. The first kappa shape index (κ1) is 25.8. The summed E-state index contributed by atoms with van der Waals surface area (Å²) in [5.41, 5.74) is 0. The Bertz CT molecular complexity index is 521. The molecule has 3 fully saturated rings. The lowest BCUT2D eigenvalue weighted by atomic mass is 9.75. The predicted octanol–water partition coefficient (Wildman–Crippen LogP) is 5.55. The quantitative estimate of drug-likeness (QED) is 0.430. The summed E-state index contributed by atoms with van der Waals surface area (Å²) in [5, 5.41) is 0.823. The SMILES string of the molecule is CS[C@H]1CC(CC(C)C2CN(C)C2)CC[C@H]1N(C)CCN(C)[C@H]1CCCC[C@H]1C(C)C. The number of likely N-dealkylation sites (N-methyl/N-ethyl adjacent to an activating group) is 2. The Balaban J connectivity index is 1.45. The van der Waals surface area contributed by atoms with Crippen molar-refractivity contribution in [2.24, 2.45) is 29.6 Å². The van der Waals surface area contributed by atoms with Gasteiger partial charge in [-0.1, -0.05) is 33.6 Å². The van der Waals surface area contributed by atoms with Gasteiger partial charge >= 0.3 is 0 Å². The maximum Gasteiger partial charge on any atom is 0.0212 e. The lowest BCUT2D eigenvalue weighted by molar-refractivity contribution is 0.0664. The molecule has 182 valence electrons. The molecule has 4 heteroatoms. The van der Waals surface area contributed by atoms with Crippen LogP contribution in [0.2, 0.25) is 0 Å². The van der Waals surface area contributed by atoms with Gasteiger partial charge in [0.25, 0.3) is 0 Å². The zero-order valence-corrected chi connectivity index (χ0v) is 22.7. The third kappa shape index (κ3) is 6.87. The van der Waals surface area contributed by atoms with E-state index in [1.54, 1.807) is 0 Å². The maximum atomic E-state index is 2.73. The molecule has 0 radical (unpaired) electrons. The van der Waals surface area contributed by atoms with E-state index in [1.807, 2.05) is 0 Å². The minimum atomic E-state index is 0.775. The van der Waals surface area contributed by atoms with Crippen LogP contribution in [0.4, 0.5) is 0 Å². The molecule has 31 heavy (non-hydrogen) atoms. The summed E-state index contributed by atoms with van der Waals surface area (Å²) in [7, 11) is 7.08. The Kier molecular flexibility index (Phi) is 10.1. The standard InChI is InChI=1S/C27H53N3S/c1-20(2)24-10-8-9-11-25(24)29(5)14-15-30(6)26-13-12-22(17-27(26)31-7)16-21(3)23-18-28(4)19-23/h20-27H,8-19H2,1-7H3/t21?,22?,24-,25-,26+,27-/m0/s1. The van der Waals surface area contributed by atoms with Crippen LogP contribution in [0.25, 0.3) is 0 Å². The Hall–Kier alpha value is 0.230. The minimum Gasteiger partial charge on any atom is -0.306 e. The second kappa shape index (κ2) is 12.1. The van der Waals surface area contributed by atoms with Crippen molar-refractivity contribution in [2.45, 2.75) is 89.5 Å². The van der Waals surface area contributed by atoms with Crippen LogP contribution < -0.4 is 0 Å². The molecule has 6 atom stereocenters. The first-order valence-corrected chi connectivity index (χ1v) is 14.7. The highest BCUT2D eigenvalue weighted by molar-refractivity contribution is 7.99. The van der Waals surface area contributed by atoms with Gasteiger partial charge in [0.15, 0.2) is 0 Å². The molecule has 0 amide bonds. The van der Waals surface area contributed by atoms with Crippen LogP contribution in [0.1, 0.15) is 72.1 Å². The predicted molar refractivity (Wildman–Crippen MR) is 139 cm³/mol. The van der Waals surface area contributed by atoms with Crippen LogP contribution >= 0.6 is 11.8 Å². The fraction of sp³-hybridized carbons (Fsp3) is 1.00. The maximum absolute atomic E-state index is 2.73. The molecule has 3 rings (SSSR count). The van der Waals surface area contributed by atoms with Crippen molar-refractivity contribution in [3.8, 4) is 0 Å². The van der Waals surface area contributed by atoms with Crippen molar-refractivity contribution < 1.29 is 0 Å². The Labute approximate surface area is 199 Å². The molecule has 2 saturated carbocycles. The fourth-order valence-corrected chi connectivity index (χ4v) is 8.23. The van der Waals surface area contributed by atoms with Gasteiger partial charge in [-0.2, -0.15) is 11.8 Å². The van der Waals surface area contributed by atoms with Gasteiger partial charge < -0.3 is 14.7 Å². The van der Waals surface area contributed by atoms with E-state index in [9.17, 15) is 0 Å². The molecule has 1 aliphatic heterocycles. The van der Waals surface area contributed by atoms with Gasteiger partial charge in [-0.25, -0.2) is 0 Å². The van der Waals surface area contributed by atoms with Crippen molar-refractivity contribution in [3.05, 3.63) is 0 Å². The molecule has 1 saturated heterocycles. The van der Waals surface area contributed by atoms with E-state index in [4.69, 9.17) is 0 Å². The first-order chi connectivity index (χ1) is 14.8. The summed E-state index contributed by atoms with van der Waals surface area (Å²) >= 11 is 2.14. The van der Waals surface area contributed by atoms with Crippen LogP contribution in [0, 0.1) is 29.6 Å². The molecule has 2 aliphatic carbocycles. The van der Waals surface area contributed by atoms with Crippen LogP contribution in [0.15, 0.2) is 0 Å². The van der Waals surface area contributed by atoms with E-state index in [-0.39, 0.29) is 0 Å². The topological polar surface area (TPSA) is 9.72 Å². The molecule has 3 aliphatic rings. The molecule has 0 bridgehead atoms. The summed E-state index contributed by atoms with van der Waals surface area (Å²) in [5.74, 6) is 4.55. The van der Waals surface area contributed by atoms with Gasteiger partial charge in [-0.15, -0.1) is 0 Å². The monoisotopic (exact) mass is 451 g/mol. The van der Waals surface area contributed by atoms with E-state index in [2.05, 4.69) is 74.6 Å². The number of hydrogen-bond donors (Lipinski definition) is 0. The number of rotatable bonds is 10. The summed E-state index contributed by atoms with van der Waals surface area (Å²) in [4.78, 5) is 7.92. The summed E-state index contributed by atoms with van der Waals surface area (Å²) in [6, 6.07) is 1.58. The third-order valence-electron chi connectivity index (χ3n) is 9.35. The zero-order chi connectivity index (χ0) is 22.5. The summed E-state index contributed by atoms with van der Waals surface area (Å²) in [6.45, 7) is 12.5. The minimum absolute atomic E-state index is 0.775. The highest BCUT2D eigenvalue weighted by atomic mass is 32.2. The molecule has 0 aromatic rings. The van der Waals surface area contributed by atoms with E-state index in [0.29, 0.717) is 0 Å².